The van der Waals surface area contributed by atoms with Gasteiger partial charge in [0.15, 0.2) is 5.13 Å². The first-order chi connectivity index (χ1) is 8.45. The van der Waals surface area contributed by atoms with Gasteiger partial charge in [0, 0.05) is 13.6 Å². The Kier molecular flexibility index (Phi) is 5.55. The third-order valence-electron chi connectivity index (χ3n) is 2.64. The maximum Gasteiger partial charge on any atom is 0.347 e. The Hall–Kier alpha value is -1.14. The van der Waals surface area contributed by atoms with E-state index in [2.05, 4.69) is 9.88 Å². The van der Waals surface area contributed by atoms with Crippen LogP contribution in [0, 0.1) is 0 Å². The molecular weight excluding hydrogens is 250 g/mol. The zero-order valence-corrected chi connectivity index (χ0v) is 12.3. The lowest BCUT2D eigenvalue weighted by atomic mass is 10.3. The lowest BCUT2D eigenvalue weighted by Crippen LogP contribution is -2.23. The molecule has 5 nitrogen and oxygen atoms in total. The van der Waals surface area contributed by atoms with E-state index >= 15 is 0 Å². The molecule has 0 bridgehead atoms. The normalized spacial score (nSPS) is 10.9. The maximum atomic E-state index is 11.1. The number of carboxylic acids is 1. The monoisotopic (exact) mass is 271 g/mol. The number of anilines is 1. The highest BCUT2D eigenvalue weighted by Crippen LogP contribution is 2.26. The van der Waals surface area contributed by atoms with Gasteiger partial charge in [0.1, 0.15) is 4.88 Å². The third-order valence-corrected chi connectivity index (χ3v) is 3.84. The van der Waals surface area contributed by atoms with Crippen molar-refractivity contribution < 1.29 is 9.90 Å². The van der Waals surface area contributed by atoms with Crippen molar-refractivity contribution in [2.24, 2.45) is 0 Å². The van der Waals surface area contributed by atoms with E-state index in [0.29, 0.717) is 17.0 Å². The number of hydrogen-bond acceptors (Lipinski definition) is 5. The van der Waals surface area contributed by atoms with E-state index in [1.807, 2.05) is 33.0 Å². The van der Waals surface area contributed by atoms with Gasteiger partial charge in [0.2, 0.25) is 0 Å². The van der Waals surface area contributed by atoms with E-state index in [-0.39, 0.29) is 0 Å². The predicted octanol–water partition coefficient (Wildman–Crippen LogP) is 1.79. The minimum absolute atomic E-state index is 0.368. The SMILES string of the molecule is CCc1nc(N(C)CCCN(C)C)sc1C(=O)O. The lowest BCUT2D eigenvalue weighted by molar-refractivity contribution is 0.0701. The summed E-state index contributed by atoms with van der Waals surface area (Å²) in [6.45, 7) is 3.83. The fourth-order valence-corrected chi connectivity index (χ4v) is 2.61. The summed E-state index contributed by atoms with van der Waals surface area (Å²) in [5, 5.41) is 9.88. The van der Waals surface area contributed by atoms with Crippen molar-refractivity contribution in [2.45, 2.75) is 19.8 Å². The molecule has 6 heteroatoms. The molecule has 0 atom stereocenters. The van der Waals surface area contributed by atoms with Crippen LogP contribution in [0.5, 0.6) is 0 Å². The van der Waals surface area contributed by atoms with Crippen LogP contribution in [-0.2, 0) is 6.42 Å². The fourth-order valence-electron chi connectivity index (χ4n) is 1.63. The molecule has 1 heterocycles. The van der Waals surface area contributed by atoms with Gasteiger partial charge in [0.25, 0.3) is 0 Å². The zero-order chi connectivity index (χ0) is 13.7. The number of carbonyl (C=O) groups is 1. The molecule has 1 N–H and O–H groups in total. The molecule has 0 aliphatic rings. The first-order valence-corrected chi connectivity index (χ1v) is 6.86. The van der Waals surface area contributed by atoms with E-state index < -0.39 is 5.97 Å². The largest absolute Gasteiger partial charge is 0.477 e. The summed E-state index contributed by atoms with van der Waals surface area (Å²) in [6.07, 6.45) is 1.69. The number of aromatic nitrogens is 1. The zero-order valence-electron chi connectivity index (χ0n) is 11.4. The van der Waals surface area contributed by atoms with Gasteiger partial charge in [-0.1, -0.05) is 18.3 Å². The van der Waals surface area contributed by atoms with Crippen molar-refractivity contribution in [1.29, 1.82) is 0 Å². The highest BCUT2D eigenvalue weighted by Gasteiger charge is 2.17. The second kappa shape index (κ2) is 6.70. The molecule has 0 fully saturated rings. The summed E-state index contributed by atoms with van der Waals surface area (Å²) < 4.78 is 0. The van der Waals surface area contributed by atoms with Crippen molar-refractivity contribution in [2.75, 3.05) is 39.1 Å². The van der Waals surface area contributed by atoms with Crippen molar-refractivity contribution in [1.82, 2.24) is 9.88 Å². The standard InChI is InChI=1S/C12H21N3O2S/c1-5-9-10(11(16)17)18-12(13-9)15(4)8-6-7-14(2)3/h5-8H2,1-4H3,(H,16,17). The molecule has 102 valence electrons. The van der Waals surface area contributed by atoms with Gasteiger partial charge in [-0.3, -0.25) is 0 Å². The number of aryl methyl sites for hydroxylation is 1. The number of nitrogens with zero attached hydrogens (tertiary/aromatic N) is 3. The quantitative estimate of drug-likeness (QED) is 0.819. The minimum Gasteiger partial charge on any atom is -0.477 e. The summed E-state index contributed by atoms with van der Waals surface area (Å²) in [4.78, 5) is 20.0. The van der Waals surface area contributed by atoms with E-state index in [1.54, 1.807) is 0 Å². The predicted molar refractivity (Wildman–Crippen MR) is 74.9 cm³/mol. The summed E-state index contributed by atoms with van der Waals surface area (Å²) in [5.41, 5.74) is 0.682. The smallest absolute Gasteiger partial charge is 0.347 e. The van der Waals surface area contributed by atoms with Crippen LogP contribution in [0.15, 0.2) is 0 Å². The van der Waals surface area contributed by atoms with E-state index in [0.717, 1.165) is 24.6 Å². The second-order valence-corrected chi connectivity index (χ2v) is 5.49. The van der Waals surface area contributed by atoms with Gasteiger partial charge < -0.3 is 14.9 Å². The number of hydrogen-bond donors (Lipinski definition) is 1. The summed E-state index contributed by atoms with van der Waals surface area (Å²) in [5.74, 6) is -0.878. The molecule has 0 saturated carbocycles. The number of rotatable bonds is 7. The Bertz CT molecular complexity index is 404. The van der Waals surface area contributed by atoms with Crippen LogP contribution in [0.3, 0.4) is 0 Å². The van der Waals surface area contributed by atoms with Gasteiger partial charge in [-0.25, -0.2) is 9.78 Å². The Morgan fingerprint density at radius 3 is 2.44 bits per heavy atom. The molecule has 0 aromatic carbocycles. The first kappa shape index (κ1) is 14.9. The highest BCUT2D eigenvalue weighted by molar-refractivity contribution is 7.17. The van der Waals surface area contributed by atoms with Crippen molar-refractivity contribution >= 4 is 22.4 Å². The van der Waals surface area contributed by atoms with Crippen LogP contribution in [0.1, 0.15) is 28.7 Å². The fraction of sp³-hybridized carbons (Fsp3) is 0.667. The van der Waals surface area contributed by atoms with Crippen LogP contribution in [0.25, 0.3) is 0 Å². The molecule has 0 radical (unpaired) electrons. The van der Waals surface area contributed by atoms with E-state index in [9.17, 15) is 4.79 Å². The van der Waals surface area contributed by atoms with E-state index in [1.165, 1.54) is 11.3 Å². The highest BCUT2D eigenvalue weighted by atomic mass is 32.1. The van der Waals surface area contributed by atoms with Crippen molar-refractivity contribution in [3.05, 3.63) is 10.6 Å². The molecule has 18 heavy (non-hydrogen) atoms. The Morgan fingerprint density at radius 1 is 1.33 bits per heavy atom. The Labute approximate surface area is 112 Å². The Balaban J connectivity index is 2.68. The molecule has 0 aliphatic carbocycles. The van der Waals surface area contributed by atoms with Crippen LogP contribution < -0.4 is 4.90 Å². The van der Waals surface area contributed by atoms with E-state index in [4.69, 9.17) is 5.11 Å². The van der Waals surface area contributed by atoms with Crippen LogP contribution in [0.2, 0.25) is 0 Å². The van der Waals surface area contributed by atoms with Gasteiger partial charge in [-0.05, 0) is 33.5 Å². The molecule has 1 aromatic rings. The molecule has 1 aromatic heterocycles. The molecule has 0 unspecified atom stereocenters. The molecular formula is C12H21N3O2S. The average Bonchev–Trinajstić information content (AvgIpc) is 2.72. The summed E-state index contributed by atoms with van der Waals surface area (Å²) in [7, 11) is 6.04. The van der Waals surface area contributed by atoms with Crippen LogP contribution in [-0.4, -0.2) is 55.2 Å². The topological polar surface area (TPSA) is 56.7 Å². The van der Waals surface area contributed by atoms with Gasteiger partial charge >= 0.3 is 5.97 Å². The molecule has 0 aliphatic heterocycles. The average molecular weight is 271 g/mol. The summed E-state index contributed by atoms with van der Waals surface area (Å²) >= 11 is 1.26. The third kappa shape index (κ3) is 3.96. The number of carboxylic acid groups (broad SMARTS) is 1. The van der Waals surface area contributed by atoms with Gasteiger partial charge in [-0.15, -0.1) is 0 Å². The van der Waals surface area contributed by atoms with Crippen molar-refractivity contribution in [3.63, 3.8) is 0 Å². The number of aromatic carboxylic acids is 1. The van der Waals surface area contributed by atoms with Gasteiger partial charge in [0.05, 0.1) is 5.69 Å². The Morgan fingerprint density at radius 2 is 2.00 bits per heavy atom. The molecule has 0 amide bonds. The lowest BCUT2D eigenvalue weighted by Gasteiger charge is -2.17. The van der Waals surface area contributed by atoms with Crippen LogP contribution >= 0.6 is 11.3 Å². The van der Waals surface area contributed by atoms with Crippen LogP contribution in [0.4, 0.5) is 5.13 Å². The first-order valence-electron chi connectivity index (χ1n) is 6.04. The second-order valence-electron chi connectivity index (χ2n) is 4.51. The molecule has 0 spiro atoms. The number of thiazole rings is 1. The molecule has 0 saturated heterocycles. The minimum atomic E-state index is -0.878. The maximum absolute atomic E-state index is 11.1. The van der Waals surface area contributed by atoms with Crippen molar-refractivity contribution in [3.8, 4) is 0 Å². The van der Waals surface area contributed by atoms with Gasteiger partial charge in [-0.2, -0.15) is 0 Å². The molecule has 1 rings (SSSR count). The summed E-state index contributed by atoms with van der Waals surface area (Å²) in [6, 6.07) is 0.